The summed E-state index contributed by atoms with van der Waals surface area (Å²) in [5.41, 5.74) is 5.05. The monoisotopic (exact) mass is 517 g/mol. The van der Waals surface area contributed by atoms with Crippen LogP contribution < -0.4 is 10.3 Å². The molecule has 0 bridgehead atoms. The summed E-state index contributed by atoms with van der Waals surface area (Å²) in [7, 11) is 1.61. The molecule has 0 aliphatic heterocycles. The average molecular weight is 518 g/mol. The molecule has 0 radical (unpaired) electrons. The zero-order valence-electron chi connectivity index (χ0n) is 23.6. The molecule has 1 unspecified atom stereocenters. The standard InChI is InChI=1S/C32H39NO5/c1-9-14-33-19-21(12-13-30(33)35)26-15-22-16-27(32(5,6)7)20(4)24(25(22)18-29(26)37-8)17-28(34)23(10-2)31(36)38-11-3/h10,12-13,15,17-19,27H,4,9,11,14,16H2,1-3,5-8H3/b23-10+,24-17+. The van der Waals surface area contributed by atoms with Crippen LogP contribution in [0.25, 0.3) is 16.7 Å². The van der Waals surface area contributed by atoms with Crippen molar-refractivity contribution in [3.8, 4) is 16.9 Å². The van der Waals surface area contributed by atoms with Gasteiger partial charge in [-0.25, -0.2) is 4.79 Å². The zero-order chi connectivity index (χ0) is 28.2. The van der Waals surface area contributed by atoms with Crippen molar-refractivity contribution in [3.05, 3.63) is 81.8 Å². The van der Waals surface area contributed by atoms with E-state index < -0.39 is 11.8 Å². The molecule has 38 heavy (non-hydrogen) atoms. The zero-order valence-corrected chi connectivity index (χ0v) is 23.6. The first-order chi connectivity index (χ1) is 18.0. The quantitative estimate of drug-likeness (QED) is 0.181. The highest BCUT2D eigenvalue weighted by molar-refractivity contribution is 6.24. The molecule has 0 N–H and O–H groups in total. The topological polar surface area (TPSA) is 74.6 Å². The maximum absolute atomic E-state index is 13.3. The summed E-state index contributed by atoms with van der Waals surface area (Å²) in [6, 6.07) is 7.43. The third-order valence-electron chi connectivity index (χ3n) is 7.04. The van der Waals surface area contributed by atoms with Crippen molar-refractivity contribution >= 4 is 17.3 Å². The largest absolute Gasteiger partial charge is 0.496 e. The third-order valence-corrected chi connectivity index (χ3v) is 7.04. The van der Waals surface area contributed by atoms with Crippen LogP contribution >= 0.6 is 0 Å². The number of esters is 1. The van der Waals surface area contributed by atoms with Crippen LogP contribution in [0.4, 0.5) is 0 Å². The van der Waals surface area contributed by atoms with Crippen LogP contribution in [0, 0.1) is 11.3 Å². The number of rotatable bonds is 8. The van der Waals surface area contributed by atoms with Crippen molar-refractivity contribution in [1.82, 2.24) is 4.57 Å². The number of carbonyl (C=O) groups is 2. The molecule has 2 aromatic rings. The van der Waals surface area contributed by atoms with E-state index in [-0.39, 0.29) is 29.1 Å². The van der Waals surface area contributed by atoms with Crippen LogP contribution in [0.1, 0.15) is 59.1 Å². The fourth-order valence-corrected chi connectivity index (χ4v) is 5.03. The van der Waals surface area contributed by atoms with Gasteiger partial charge in [-0.3, -0.25) is 9.59 Å². The Morgan fingerprint density at radius 3 is 2.45 bits per heavy atom. The number of allylic oxidation sites excluding steroid dienone is 4. The lowest BCUT2D eigenvalue weighted by molar-refractivity contribution is -0.139. The predicted molar refractivity (Wildman–Crippen MR) is 152 cm³/mol. The number of nitrogens with zero attached hydrogens (tertiary/aromatic N) is 1. The number of ether oxygens (including phenoxy) is 2. The average Bonchev–Trinajstić information content (AvgIpc) is 2.86. The van der Waals surface area contributed by atoms with Gasteiger partial charge < -0.3 is 14.0 Å². The van der Waals surface area contributed by atoms with E-state index in [0.29, 0.717) is 17.9 Å². The molecule has 1 aliphatic carbocycles. The Labute approximate surface area is 225 Å². The minimum Gasteiger partial charge on any atom is -0.496 e. The highest BCUT2D eigenvalue weighted by atomic mass is 16.5. The van der Waals surface area contributed by atoms with Crippen molar-refractivity contribution in [3.63, 3.8) is 0 Å². The van der Waals surface area contributed by atoms with Gasteiger partial charge in [0.15, 0.2) is 5.78 Å². The number of methoxy groups -OCH3 is 1. The van der Waals surface area contributed by atoms with Crippen LogP contribution in [-0.4, -0.2) is 30.0 Å². The molecule has 6 heteroatoms. The summed E-state index contributed by atoms with van der Waals surface area (Å²) < 4.78 is 12.6. The van der Waals surface area contributed by atoms with Gasteiger partial charge in [-0.2, -0.15) is 0 Å². The fraction of sp³-hybridized carbons (Fsp3) is 0.406. The van der Waals surface area contributed by atoms with Crippen molar-refractivity contribution in [2.24, 2.45) is 11.3 Å². The van der Waals surface area contributed by atoms with E-state index in [1.165, 1.54) is 12.2 Å². The third kappa shape index (κ3) is 5.90. The van der Waals surface area contributed by atoms with Crippen LogP contribution in [0.15, 0.2) is 65.1 Å². The van der Waals surface area contributed by atoms with Gasteiger partial charge in [0.2, 0.25) is 0 Å². The van der Waals surface area contributed by atoms with Crippen LogP contribution in [0.2, 0.25) is 0 Å². The number of hydrogen-bond acceptors (Lipinski definition) is 5. The van der Waals surface area contributed by atoms with Gasteiger partial charge in [0.05, 0.1) is 13.7 Å². The number of ketones is 1. The Bertz CT molecular complexity index is 1370. The Hall–Kier alpha value is -3.67. The lowest BCUT2D eigenvalue weighted by Gasteiger charge is -2.38. The second-order valence-corrected chi connectivity index (χ2v) is 10.7. The Kier molecular flexibility index (Phi) is 8.97. The van der Waals surface area contributed by atoms with Gasteiger partial charge in [-0.1, -0.05) is 40.3 Å². The summed E-state index contributed by atoms with van der Waals surface area (Å²) in [5, 5.41) is 0. The highest BCUT2D eigenvalue weighted by Gasteiger charge is 2.35. The number of carbonyl (C=O) groups excluding carboxylic acids is 2. The molecule has 0 saturated heterocycles. The summed E-state index contributed by atoms with van der Waals surface area (Å²) >= 11 is 0. The lowest BCUT2D eigenvalue weighted by atomic mass is 9.66. The van der Waals surface area contributed by atoms with E-state index in [0.717, 1.165) is 40.7 Å². The van der Waals surface area contributed by atoms with E-state index in [2.05, 4.69) is 33.4 Å². The second-order valence-electron chi connectivity index (χ2n) is 10.7. The normalized spacial score (nSPS) is 16.8. The summed E-state index contributed by atoms with van der Waals surface area (Å²) in [6.45, 7) is 17.1. The molecular formula is C32H39NO5. The van der Waals surface area contributed by atoms with Gasteiger partial charge in [-0.05, 0) is 84.6 Å². The maximum atomic E-state index is 13.3. The maximum Gasteiger partial charge on any atom is 0.341 e. The van der Waals surface area contributed by atoms with Crippen molar-refractivity contribution in [1.29, 1.82) is 0 Å². The van der Waals surface area contributed by atoms with E-state index in [4.69, 9.17) is 9.47 Å². The van der Waals surface area contributed by atoms with Crippen molar-refractivity contribution < 1.29 is 19.1 Å². The molecule has 0 amide bonds. The van der Waals surface area contributed by atoms with E-state index in [1.54, 1.807) is 31.6 Å². The van der Waals surface area contributed by atoms with Crippen LogP contribution in [-0.2, 0) is 27.3 Å². The SMILES string of the molecule is C=C1/C(=C\C(=O)/C(=C\C)C(=O)OCC)c2cc(OC)c(-c3ccc(=O)n(CCC)c3)cc2CC1C(C)(C)C. The first-order valence-corrected chi connectivity index (χ1v) is 13.2. The van der Waals surface area contributed by atoms with E-state index in [9.17, 15) is 14.4 Å². The Morgan fingerprint density at radius 2 is 1.87 bits per heavy atom. The van der Waals surface area contributed by atoms with E-state index in [1.807, 2.05) is 25.3 Å². The molecule has 0 fully saturated rings. The van der Waals surface area contributed by atoms with Gasteiger partial charge in [0.25, 0.3) is 5.56 Å². The number of benzene rings is 1. The molecule has 0 saturated carbocycles. The lowest BCUT2D eigenvalue weighted by Crippen LogP contribution is -2.29. The minimum atomic E-state index is -0.638. The Morgan fingerprint density at radius 1 is 1.16 bits per heavy atom. The van der Waals surface area contributed by atoms with Crippen molar-refractivity contribution in [2.45, 2.75) is 60.9 Å². The number of aromatic nitrogens is 1. The number of pyridine rings is 1. The van der Waals surface area contributed by atoms with Gasteiger partial charge in [-0.15, -0.1) is 0 Å². The molecule has 6 nitrogen and oxygen atoms in total. The van der Waals surface area contributed by atoms with Gasteiger partial charge in [0, 0.05) is 29.9 Å². The van der Waals surface area contributed by atoms with Gasteiger partial charge in [0.1, 0.15) is 11.3 Å². The molecule has 1 atom stereocenters. The fourth-order valence-electron chi connectivity index (χ4n) is 5.03. The number of fused-ring (bicyclic) bond motifs is 1. The molecule has 1 aromatic heterocycles. The number of aryl methyl sites for hydroxylation is 1. The minimum absolute atomic E-state index is 0.00616. The second kappa shape index (κ2) is 11.8. The van der Waals surface area contributed by atoms with E-state index >= 15 is 0 Å². The molecule has 1 aromatic carbocycles. The molecule has 3 rings (SSSR count). The van der Waals surface area contributed by atoms with Crippen LogP contribution in [0.5, 0.6) is 5.75 Å². The molecular weight excluding hydrogens is 478 g/mol. The first kappa shape index (κ1) is 28.9. The van der Waals surface area contributed by atoms with Crippen molar-refractivity contribution in [2.75, 3.05) is 13.7 Å². The number of hydrogen-bond donors (Lipinski definition) is 0. The van der Waals surface area contributed by atoms with Crippen LogP contribution in [0.3, 0.4) is 0 Å². The molecule has 0 spiro atoms. The highest BCUT2D eigenvalue weighted by Crippen LogP contribution is 2.48. The molecule has 1 heterocycles. The molecule has 202 valence electrons. The summed E-state index contributed by atoms with van der Waals surface area (Å²) in [4.78, 5) is 38.0. The molecule has 1 aliphatic rings. The first-order valence-electron chi connectivity index (χ1n) is 13.2. The Balaban J connectivity index is 2.23. The smallest absolute Gasteiger partial charge is 0.341 e. The summed E-state index contributed by atoms with van der Waals surface area (Å²) in [5.74, 6) is -0.360. The van der Waals surface area contributed by atoms with Gasteiger partial charge >= 0.3 is 5.97 Å². The predicted octanol–water partition coefficient (Wildman–Crippen LogP) is 6.17. The summed E-state index contributed by atoms with van der Waals surface area (Å²) in [6.07, 6.45) is 6.45.